The summed E-state index contributed by atoms with van der Waals surface area (Å²) < 4.78 is 0. The molecule has 1 aliphatic rings. The average molecular weight is 261 g/mol. The molecule has 0 aromatic heterocycles. The molecule has 102 valence electrons. The minimum absolute atomic E-state index is 0.162. The Bertz CT molecular complexity index is 494. The van der Waals surface area contributed by atoms with Crippen LogP contribution in [0.2, 0.25) is 0 Å². The first-order valence-corrected chi connectivity index (χ1v) is 6.72. The van der Waals surface area contributed by atoms with Gasteiger partial charge in [0, 0.05) is 11.6 Å². The summed E-state index contributed by atoms with van der Waals surface area (Å²) in [4.78, 5) is 23.7. The zero-order valence-electron chi connectivity index (χ0n) is 11.2. The average Bonchev–Trinajstić information content (AvgIpc) is 2.40. The molecule has 2 atom stereocenters. The van der Waals surface area contributed by atoms with Crippen molar-refractivity contribution in [3.8, 4) is 0 Å². The predicted octanol–water partition coefficient (Wildman–Crippen LogP) is 2.40. The van der Waals surface area contributed by atoms with E-state index in [1.807, 2.05) is 13.8 Å². The Morgan fingerprint density at radius 2 is 1.95 bits per heavy atom. The van der Waals surface area contributed by atoms with Crippen molar-refractivity contribution in [2.24, 2.45) is 5.92 Å². The smallest absolute Gasteiger partial charge is 0.313 e. The van der Waals surface area contributed by atoms with Crippen LogP contribution in [0.1, 0.15) is 48.5 Å². The van der Waals surface area contributed by atoms with Gasteiger partial charge in [-0.15, -0.1) is 0 Å². The van der Waals surface area contributed by atoms with Gasteiger partial charge in [0.05, 0.1) is 0 Å². The Kier molecular flexibility index (Phi) is 3.88. The number of hydrogen-bond donors (Lipinski definition) is 2. The highest BCUT2D eigenvalue weighted by molar-refractivity contribution is 6.00. The molecule has 1 aromatic rings. The highest BCUT2D eigenvalue weighted by Gasteiger charge is 2.40. The van der Waals surface area contributed by atoms with Crippen molar-refractivity contribution in [3.63, 3.8) is 0 Å². The number of aliphatic carboxylic acids is 1. The van der Waals surface area contributed by atoms with Crippen molar-refractivity contribution in [2.45, 2.75) is 38.6 Å². The van der Waals surface area contributed by atoms with Crippen LogP contribution in [0.15, 0.2) is 24.3 Å². The van der Waals surface area contributed by atoms with Gasteiger partial charge in [0.15, 0.2) is 0 Å². The summed E-state index contributed by atoms with van der Waals surface area (Å²) in [5.74, 6) is -1.51. The van der Waals surface area contributed by atoms with Crippen LogP contribution in [-0.2, 0) is 4.79 Å². The van der Waals surface area contributed by atoms with Gasteiger partial charge < -0.3 is 10.4 Å². The van der Waals surface area contributed by atoms with Crippen molar-refractivity contribution in [1.29, 1.82) is 0 Å². The minimum Gasteiger partial charge on any atom is -0.481 e. The molecule has 0 radical (unpaired) electrons. The number of fused-ring (bicyclic) bond motifs is 1. The molecule has 0 aliphatic carbocycles. The standard InChI is InChI=1S/C15H19NO3/c1-3-9(4-2)13-12(15(18)19)10-7-5-6-8-11(10)14(17)16-13/h5-9,12-13H,3-4H2,1-2H3,(H,16,17)(H,18,19)/t12-,13+/m0/s1. The first-order valence-electron chi connectivity index (χ1n) is 6.72. The minimum atomic E-state index is -0.871. The molecule has 4 nitrogen and oxygen atoms in total. The molecule has 1 heterocycles. The summed E-state index contributed by atoms with van der Waals surface area (Å²) in [5, 5.41) is 12.4. The Labute approximate surface area is 112 Å². The van der Waals surface area contributed by atoms with Crippen LogP contribution >= 0.6 is 0 Å². The van der Waals surface area contributed by atoms with Gasteiger partial charge in [-0.3, -0.25) is 9.59 Å². The molecule has 1 amide bonds. The SMILES string of the molecule is CCC(CC)[C@H]1NC(=O)c2ccccc2[C@@H]1C(=O)O. The molecule has 0 saturated carbocycles. The fourth-order valence-electron chi connectivity index (χ4n) is 2.95. The summed E-state index contributed by atoms with van der Waals surface area (Å²) in [5.41, 5.74) is 1.12. The summed E-state index contributed by atoms with van der Waals surface area (Å²) >= 11 is 0. The van der Waals surface area contributed by atoms with Gasteiger partial charge in [-0.25, -0.2) is 0 Å². The maximum absolute atomic E-state index is 12.1. The van der Waals surface area contributed by atoms with Gasteiger partial charge in [-0.2, -0.15) is 0 Å². The quantitative estimate of drug-likeness (QED) is 0.874. The third kappa shape index (κ3) is 2.35. The molecule has 0 spiro atoms. The second-order valence-electron chi connectivity index (χ2n) is 4.98. The van der Waals surface area contributed by atoms with E-state index in [1.54, 1.807) is 24.3 Å². The molecule has 19 heavy (non-hydrogen) atoms. The first kappa shape index (κ1) is 13.6. The molecule has 4 heteroatoms. The number of carbonyl (C=O) groups is 2. The van der Waals surface area contributed by atoms with E-state index in [0.717, 1.165) is 12.8 Å². The normalized spacial score (nSPS) is 21.9. The van der Waals surface area contributed by atoms with Crippen molar-refractivity contribution in [1.82, 2.24) is 5.32 Å². The second-order valence-corrected chi connectivity index (χ2v) is 4.98. The van der Waals surface area contributed by atoms with Crippen molar-refractivity contribution in [3.05, 3.63) is 35.4 Å². The number of nitrogens with one attached hydrogen (secondary N) is 1. The van der Waals surface area contributed by atoms with E-state index in [0.29, 0.717) is 11.1 Å². The van der Waals surface area contributed by atoms with Gasteiger partial charge in [0.1, 0.15) is 5.92 Å². The number of carbonyl (C=O) groups excluding carboxylic acids is 1. The first-order chi connectivity index (χ1) is 9.10. The lowest BCUT2D eigenvalue weighted by atomic mass is 9.77. The highest BCUT2D eigenvalue weighted by atomic mass is 16.4. The maximum Gasteiger partial charge on any atom is 0.313 e. The number of carboxylic acid groups (broad SMARTS) is 1. The predicted molar refractivity (Wildman–Crippen MR) is 72.1 cm³/mol. The third-order valence-electron chi connectivity index (χ3n) is 4.02. The fraction of sp³-hybridized carbons (Fsp3) is 0.467. The van der Waals surface area contributed by atoms with Gasteiger partial charge in [0.2, 0.25) is 0 Å². The van der Waals surface area contributed by atoms with E-state index < -0.39 is 11.9 Å². The molecular weight excluding hydrogens is 242 g/mol. The van der Waals surface area contributed by atoms with E-state index in [4.69, 9.17) is 0 Å². The van der Waals surface area contributed by atoms with Crippen molar-refractivity contribution < 1.29 is 14.7 Å². The van der Waals surface area contributed by atoms with Crippen LogP contribution in [-0.4, -0.2) is 23.0 Å². The van der Waals surface area contributed by atoms with E-state index >= 15 is 0 Å². The Balaban J connectivity index is 2.49. The molecule has 0 fully saturated rings. The van der Waals surface area contributed by atoms with Gasteiger partial charge in [-0.05, 0) is 17.5 Å². The van der Waals surface area contributed by atoms with E-state index in [-0.39, 0.29) is 17.9 Å². The van der Waals surface area contributed by atoms with Crippen LogP contribution in [0.4, 0.5) is 0 Å². The van der Waals surface area contributed by atoms with Crippen LogP contribution in [0.25, 0.3) is 0 Å². The van der Waals surface area contributed by atoms with Gasteiger partial charge in [0.25, 0.3) is 5.91 Å². The molecule has 0 bridgehead atoms. The summed E-state index contributed by atoms with van der Waals surface area (Å²) in [6, 6.07) is 6.66. The number of benzene rings is 1. The molecule has 2 N–H and O–H groups in total. The lowest BCUT2D eigenvalue weighted by Gasteiger charge is -2.36. The highest BCUT2D eigenvalue weighted by Crippen LogP contribution is 2.33. The van der Waals surface area contributed by atoms with Crippen LogP contribution < -0.4 is 5.32 Å². The third-order valence-corrected chi connectivity index (χ3v) is 4.02. The zero-order chi connectivity index (χ0) is 14.0. The van der Waals surface area contributed by atoms with Gasteiger partial charge in [-0.1, -0.05) is 44.9 Å². The summed E-state index contributed by atoms with van der Waals surface area (Å²) in [6.07, 6.45) is 1.71. The number of carboxylic acids is 1. The Morgan fingerprint density at radius 3 is 2.53 bits per heavy atom. The van der Waals surface area contributed by atoms with Gasteiger partial charge >= 0.3 is 5.97 Å². The largest absolute Gasteiger partial charge is 0.481 e. The summed E-state index contributed by atoms with van der Waals surface area (Å²) in [6.45, 7) is 4.06. The molecular formula is C15H19NO3. The van der Waals surface area contributed by atoms with Crippen molar-refractivity contribution >= 4 is 11.9 Å². The lowest BCUT2D eigenvalue weighted by Crippen LogP contribution is -2.50. The summed E-state index contributed by atoms with van der Waals surface area (Å²) in [7, 11) is 0. The lowest BCUT2D eigenvalue weighted by molar-refractivity contribution is -0.140. The van der Waals surface area contributed by atoms with Crippen LogP contribution in [0, 0.1) is 5.92 Å². The van der Waals surface area contributed by atoms with Crippen molar-refractivity contribution in [2.75, 3.05) is 0 Å². The topological polar surface area (TPSA) is 66.4 Å². The molecule has 2 rings (SSSR count). The molecule has 0 unspecified atom stereocenters. The van der Waals surface area contributed by atoms with E-state index in [1.165, 1.54) is 0 Å². The second kappa shape index (κ2) is 5.43. The Morgan fingerprint density at radius 1 is 1.32 bits per heavy atom. The fourth-order valence-corrected chi connectivity index (χ4v) is 2.95. The number of hydrogen-bond acceptors (Lipinski definition) is 2. The zero-order valence-corrected chi connectivity index (χ0v) is 11.2. The van der Waals surface area contributed by atoms with E-state index in [9.17, 15) is 14.7 Å². The monoisotopic (exact) mass is 261 g/mol. The number of rotatable bonds is 4. The Hall–Kier alpha value is -1.84. The molecule has 0 saturated heterocycles. The number of amides is 1. The molecule has 1 aliphatic heterocycles. The molecule has 1 aromatic carbocycles. The maximum atomic E-state index is 12.1. The van der Waals surface area contributed by atoms with Crippen LogP contribution in [0.3, 0.4) is 0 Å². The van der Waals surface area contributed by atoms with E-state index in [2.05, 4.69) is 5.32 Å². The van der Waals surface area contributed by atoms with Crippen LogP contribution in [0.5, 0.6) is 0 Å².